The molecule has 0 atom stereocenters. The molecule has 20 heavy (non-hydrogen) atoms. The van der Waals surface area contributed by atoms with Crippen LogP contribution in [0.5, 0.6) is 11.5 Å². The van der Waals surface area contributed by atoms with E-state index < -0.39 is 14.1 Å². The van der Waals surface area contributed by atoms with Gasteiger partial charge in [0.2, 0.25) is 5.95 Å². The lowest BCUT2D eigenvalue weighted by Crippen LogP contribution is -2.05. The van der Waals surface area contributed by atoms with Crippen molar-refractivity contribution in [2.75, 3.05) is 25.5 Å². The monoisotopic (exact) mass is 280 g/mol. The molecule has 0 radical (unpaired) electrons. The highest BCUT2D eigenvalue weighted by Gasteiger charge is 2.11. The third-order valence-corrected chi connectivity index (χ3v) is 2.92. The van der Waals surface area contributed by atoms with Gasteiger partial charge in [0.1, 0.15) is 5.82 Å². The first kappa shape index (κ1) is 7.94. The molecule has 0 saturated carbocycles. The molecule has 106 valence electrons. The Morgan fingerprint density at radius 2 is 1.85 bits per heavy atom. The van der Waals surface area contributed by atoms with Crippen molar-refractivity contribution in [1.29, 1.82) is 0 Å². The lowest BCUT2D eigenvalue weighted by Gasteiger charge is -2.13. The molecule has 0 unspecified atom stereocenters. The second-order valence-electron chi connectivity index (χ2n) is 4.25. The fourth-order valence-corrected chi connectivity index (χ4v) is 1.83. The van der Waals surface area contributed by atoms with E-state index in [1.54, 1.807) is 6.92 Å². The van der Waals surface area contributed by atoms with E-state index >= 15 is 0 Å². The predicted octanol–water partition coefficient (Wildman–Crippen LogP) is 1.56. The maximum atomic E-state index is 7.26. The second kappa shape index (κ2) is 5.64. The van der Waals surface area contributed by atoms with Crippen molar-refractivity contribution in [3.05, 3.63) is 35.0 Å². The Hall–Kier alpha value is -2.50. The van der Waals surface area contributed by atoms with Gasteiger partial charge in [0, 0.05) is 18.2 Å². The molecule has 6 nitrogen and oxygen atoms in total. The van der Waals surface area contributed by atoms with Crippen molar-refractivity contribution in [3.63, 3.8) is 0 Å². The quantitative estimate of drug-likeness (QED) is 0.882. The number of aromatic nitrogens is 2. The largest absolute Gasteiger partial charge is 0.493 e. The average molecular weight is 280 g/mol. The van der Waals surface area contributed by atoms with Crippen LogP contribution in [-0.4, -0.2) is 24.0 Å². The van der Waals surface area contributed by atoms with E-state index in [4.69, 9.17) is 29.2 Å². The summed E-state index contributed by atoms with van der Waals surface area (Å²) in [6.07, 6.45) is 1.73. The summed E-state index contributed by atoms with van der Waals surface area (Å²) in [7, 11) is -5.53. The first-order valence-corrected chi connectivity index (χ1v) is 5.72. The average Bonchev–Trinajstić information content (AvgIpc) is 2.43. The van der Waals surface area contributed by atoms with Crippen LogP contribution in [0.3, 0.4) is 0 Å². The van der Waals surface area contributed by atoms with E-state index in [1.165, 1.54) is 18.3 Å². The van der Waals surface area contributed by atoms with Gasteiger partial charge in [-0.15, -0.1) is 0 Å². The highest BCUT2D eigenvalue weighted by atomic mass is 16.5. The summed E-state index contributed by atoms with van der Waals surface area (Å²) in [4.78, 5) is 7.75. The molecule has 0 aliphatic heterocycles. The number of ether oxygens (including phenoxy) is 2. The third-order valence-electron chi connectivity index (χ3n) is 2.92. The van der Waals surface area contributed by atoms with Gasteiger partial charge in [-0.1, -0.05) is 0 Å². The summed E-state index contributed by atoms with van der Waals surface area (Å²) in [5.41, 5.74) is 13.2. The normalized spacial score (nSPS) is 16.1. The number of anilines is 2. The first-order valence-electron chi connectivity index (χ1n) is 8.72. The molecule has 0 saturated heterocycles. The van der Waals surface area contributed by atoms with Gasteiger partial charge in [0.05, 0.1) is 22.3 Å². The molecule has 0 bridgehead atoms. The molecule has 0 aliphatic rings. The Kier molecular flexibility index (Phi) is 2.24. The maximum absolute atomic E-state index is 7.26. The number of methoxy groups -OCH3 is 2. The molecule has 4 N–H and O–H groups in total. The van der Waals surface area contributed by atoms with E-state index in [1.807, 2.05) is 0 Å². The van der Waals surface area contributed by atoms with E-state index in [-0.39, 0.29) is 29.7 Å². The van der Waals surface area contributed by atoms with Crippen LogP contribution in [0.2, 0.25) is 0 Å². The standard InChI is InChI=1S/C14H18N4O2/c1-8-4-11(19-2)12(20-3)6-9(8)5-10-7-17-14(16)18-13(10)15/h4,6-7H,5H2,1-3H3,(H4,15,16,17,18)/i2D3,3D3. The van der Waals surface area contributed by atoms with Gasteiger partial charge in [0.15, 0.2) is 11.5 Å². The summed E-state index contributed by atoms with van der Waals surface area (Å²) >= 11 is 0. The molecular formula is C14H18N4O2. The molecule has 6 heteroatoms. The predicted molar refractivity (Wildman–Crippen MR) is 77.9 cm³/mol. The zero-order valence-corrected chi connectivity index (χ0v) is 10.8. The number of benzene rings is 1. The number of nitrogen functional groups attached to an aromatic ring is 2. The molecule has 1 aromatic heterocycles. The molecular weight excluding hydrogens is 256 g/mol. The summed E-state index contributed by atoms with van der Waals surface area (Å²) in [6.45, 7) is 1.72. The van der Waals surface area contributed by atoms with E-state index in [2.05, 4.69) is 9.97 Å². The van der Waals surface area contributed by atoms with Gasteiger partial charge in [-0.05, 0) is 30.2 Å². The van der Waals surface area contributed by atoms with Gasteiger partial charge in [-0.2, -0.15) is 4.98 Å². The lowest BCUT2D eigenvalue weighted by atomic mass is 10.0. The zero-order valence-electron chi connectivity index (χ0n) is 16.8. The molecule has 0 spiro atoms. The number of aryl methyl sites for hydroxylation is 1. The number of rotatable bonds is 4. The van der Waals surface area contributed by atoms with Crippen molar-refractivity contribution in [3.8, 4) is 11.5 Å². The van der Waals surface area contributed by atoms with Crippen LogP contribution in [0.15, 0.2) is 18.3 Å². The highest BCUT2D eigenvalue weighted by Crippen LogP contribution is 2.31. The van der Waals surface area contributed by atoms with Crippen molar-refractivity contribution in [2.45, 2.75) is 13.3 Å². The van der Waals surface area contributed by atoms with Crippen molar-refractivity contribution in [1.82, 2.24) is 9.97 Å². The van der Waals surface area contributed by atoms with Crippen LogP contribution >= 0.6 is 0 Å². The molecule has 2 rings (SSSR count). The summed E-state index contributed by atoms with van der Waals surface area (Å²) < 4.78 is 53.2. The maximum Gasteiger partial charge on any atom is 0.221 e. The summed E-state index contributed by atoms with van der Waals surface area (Å²) in [6, 6.07) is 2.80. The molecule has 0 amide bonds. The van der Waals surface area contributed by atoms with Gasteiger partial charge in [-0.25, -0.2) is 4.98 Å². The van der Waals surface area contributed by atoms with E-state index in [0.717, 1.165) is 0 Å². The fourth-order valence-electron chi connectivity index (χ4n) is 1.83. The highest BCUT2D eigenvalue weighted by molar-refractivity contribution is 5.50. The number of nitrogens with two attached hydrogens (primary N) is 2. The Labute approximate surface area is 126 Å². The van der Waals surface area contributed by atoms with Crippen LogP contribution in [0, 0.1) is 6.92 Å². The molecule has 0 aliphatic carbocycles. The van der Waals surface area contributed by atoms with Crippen LogP contribution in [0.4, 0.5) is 11.8 Å². The lowest BCUT2D eigenvalue weighted by molar-refractivity contribution is 0.354. The Balaban J connectivity index is 2.45. The summed E-state index contributed by atoms with van der Waals surface area (Å²) in [5.74, 6) is -0.172. The van der Waals surface area contributed by atoms with Crippen LogP contribution in [0.1, 0.15) is 24.9 Å². The number of hydrogen-bond acceptors (Lipinski definition) is 6. The minimum absolute atomic E-state index is 0.0378. The van der Waals surface area contributed by atoms with Gasteiger partial charge in [0.25, 0.3) is 0 Å². The minimum atomic E-state index is -2.78. The molecule has 2 aromatic rings. The zero-order chi connectivity index (χ0) is 19.7. The number of nitrogens with zero attached hydrogens (tertiary/aromatic N) is 2. The van der Waals surface area contributed by atoms with E-state index in [0.29, 0.717) is 16.7 Å². The topological polar surface area (TPSA) is 96.3 Å². The van der Waals surface area contributed by atoms with Crippen molar-refractivity contribution < 1.29 is 17.7 Å². The van der Waals surface area contributed by atoms with Crippen molar-refractivity contribution >= 4 is 11.8 Å². The Bertz CT molecular complexity index is 807. The van der Waals surface area contributed by atoms with Crippen LogP contribution < -0.4 is 20.9 Å². The molecule has 1 aromatic carbocycles. The Morgan fingerprint density at radius 1 is 1.15 bits per heavy atom. The first-order chi connectivity index (χ1) is 11.8. The smallest absolute Gasteiger partial charge is 0.221 e. The second-order valence-corrected chi connectivity index (χ2v) is 4.25. The molecule has 0 fully saturated rings. The number of hydrogen-bond donors (Lipinski definition) is 2. The fraction of sp³-hybridized carbons (Fsp3) is 0.286. The SMILES string of the molecule is [2H]C([2H])([2H])Oc1cc(C)c(Cc2cnc(N)nc2N)cc1OC([2H])([2H])[2H]. The summed E-state index contributed by atoms with van der Waals surface area (Å²) in [5, 5.41) is 0. The van der Waals surface area contributed by atoms with Gasteiger partial charge >= 0.3 is 0 Å². The third kappa shape index (κ3) is 2.74. The van der Waals surface area contributed by atoms with E-state index in [9.17, 15) is 0 Å². The molecule has 1 heterocycles. The van der Waals surface area contributed by atoms with Crippen LogP contribution in [0.25, 0.3) is 0 Å². The van der Waals surface area contributed by atoms with Gasteiger partial charge in [-0.3, -0.25) is 0 Å². The minimum Gasteiger partial charge on any atom is -0.493 e. The van der Waals surface area contributed by atoms with Gasteiger partial charge < -0.3 is 20.9 Å². The van der Waals surface area contributed by atoms with Crippen molar-refractivity contribution in [2.24, 2.45) is 0 Å². The Morgan fingerprint density at radius 3 is 2.50 bits per heavy atom. The van der Waals surface area contributed by atoms with Crippen LogP contribution in [-0.2, 0) is 6.42 Å².